The highest BCUT2D eigenvalue weighted by molar-refractivity contribution is 5.78. The number of carboxylic acids is 1. The number of benzene rings is 1. The van der Waals surface area contributed by atoms with E-state index in [0.717, 1.165) is 6.08 Å². The predicted molar refractivity (Wildman–Crippen MR) is 56.0 cm³/mol. The van der Waals surface area contributed by atoms with Gasteiger partial charge >= 0.3 is 5.97 Å². The maximum Gasteiger partial charge on any atom is 0.328 e. The first-order valence-corrected chi connectivity index (χ1v) is 4.32. The van der Waals surface area contributed by atoms with Gasteiger partial charge in [-0.15, -0.1) is 0 Å². The Morgan fingerprint density at radius 1 is 1.25 bits per heavy atom. The van der Waals surface area contributed by atoms with Crippen molar-refractivity contribution in [1.29, 1.82) is 0 Å². The van der Waals surface area contributed by atoms with Gasteiger partial charge < -0.3 is 26.2 Å². The van der Waals surface area contributed by atoms with Crippen LogP contribution in [0.3, 0.4) is 0 Å². The lowest BCUT2D eigenvalue weighted by Gasteiger charge is -2.05. The summed E-state index contributed by atoms with van der Waals surface area (Å²) in [4.78, 5) is 10.4. The van der Waals surface area contributed by atoms with Crippen LogP contribution in [0, 0.1) is 0 Å². The lowest BCUT2D eigenvalue weighted by atomic mass is 10.1. The summed E-state index contributed by atoms with van der Waals surface area (Å²) in [6.45, 7) is 0. The molecule has 0 radical (unpaired) electrons. The molecule has 1 atom stereocenters. The van der Waals surface area contributed by atoms with Crippen LogP contribution in [0.4, 0.5) is 0 Å². The molecule has 16 heavy (non-hydrogen) atoms. The van der Waals surface area contributed by atoms with Crippen LogP contribution in [-0.4, -0.2) is 32.4 Å². The number of aliphatic hydroxyl groups is 1. The molecule has 1 aromatic rings. The van der Waals surface area contributed by atoms with E-state index in [-0.39, 0.29) is 11.5 Å². The van der Waals surface area contributed by atoms with Crippen molar-refractivity contribution in [3.63, 3.8) is 0 Å². The average molecular weight is 225 g/mol. The fraction of sp³-hybridized carbons (Fsp3) is 0.100. The normalized spacial score (nSPS) is 13.4. The van der Waals surface area contributed by atoms with Crippen LogP contribution in [0.2, 0.25) is 0 Å². The van der Waals surface area contributed by atoms with E-state index in [1.165, 1.54) is 18.2 Å². The van der Waals surface area contributed by atoms with Gasteiger partial charge in [0.25, 0.3) is 0 Å². The molecule has 0 saturated heterocycles. The Balaban J connectivity index is 2.98. The van der Waals surface area contributed by atoms with E-state index in [1.807, 2.05) is 0 Å². The lowest BCUT2D eigenvalue weighted by molar-refractivity contribution is -0.138. The van der Waals surface area contributed by atoms with Crippen LogP contribution in [0.1, 0.15) is 5.56 Å². The van der Waals surface area contributed by atoms with Gasteiger partial charge in [0.15, 0.2) is 17.5 Å². The van der Waals surface area contributed by atoms with E-state index in [9.17, 15) is 9.90 Å². The van der Waals surface area contributed by atoms with Crippen LogP contribution < -0.4 is 5.73 Å². The first-order valence-electron chi connectivity index (χ1n) is 4.32. The molecule has 6 heteroatoms. The van der Waals surface area contributed by atoms with Gasteiger partial charge in [-0.3, -0.25) is 4.79 Å². The summed E-state index contributed by atoms with van der Waals surface area (Å²) in [6, 6.07) is 2.25. The zero-order valence-electron chi connectivity index (χ0n) is 8.16. The van der Waals surface area contributed by atoms with Crippen molar-refractivity contribution in [3.05, 3.63) is 29.5 Å². The van der Waals surface area contributed by atoms with E-state index < -0.39 is 17.8 Å². The molecule has 0 bridgehead atoms. The van der Waals surface area contributed by atoms with E-state index in [2.05, 4.69) is 0 Å². The number of carboxylic acid groups (broad SMARTS) is 1. The summed E-state index contributed by atoms with van der Waals surface area (Å²) in [5.41, 5.74) is 5.47. The second-order valence-electron chi connectivity index (χ2n) is 3.13. The molecule has 0 unspecified atom stereocenters. The molecule has 6 N–H and O–H groups in total. The highest BCUT2D eigenvalue weighted by Crippen LogP contribution is 2.25. The lowest BCUT2D eigenvalue weighted by Crippen LogP contribution is -2.31. The number of phenols is 2. The van der Waals surface area contributed by atoms with Crippen molar-refractivity contribution in [2.45, 2.75) is 6.04 Å². The van der Waals surface area contributed by atoms with Gasteiger partial charge in [0, 0.05) is 0 Å². The summed E-state index contributed by atoms with van der Waals surface area (Å²) in [5, 5.41) is 36.0. The minimum absolute atomic E-state index is 0.306. The summed E-state index contributed by atoms with van der Waals surface area (Å²) in [6.07, 6.45) is 1.10. The summed E-state index contributed by atoms with van der Waals surface area (Å²) >= 11 is 0. The SMILES string of the molecule is N[C@H](C(=O)O)C(O)=Cc1ccc(O)c(O)c1. The molecule has 0 aliphatic heterocycles. The van der Waals surface area contributed by atoms with E-state index in [1.54, 1.807) is 0 Å². The molecule has 0 fully saturated rings. The predicted octanol–water partition coefficient (Wildman–Crippen LogP) is 0.409. The van der Waals surface area contributed by atoms with Gasteiger partial charge in [0.05, 0.1) is 0 Å². The molecular weight excluding hydrogens is 214 g/mol. The van der Waals surface area contributed by atoms with Crippen LogP contribution in [0.25, 0.3) is 6.08 Å². The van der Waals surface area contributed by atoms with Crippen LogP contribution in [0.15, 0.2) is 24.0 Å². The number of aliphatic carboxylic acids is 1. The Kier molecular flexibility index (Phi) is 3.37. The summed E-state index contributed by atoms with van der Waals surface area (Å²) in [5.74, 6) is -2.58. The molecule has 0 spiro atoms. The third-order valence-corrected chi connectivity index (χ3v) is 1.90. The van der Waals surface area contributed by atoms with E-state index in [4.69, 9.17) is 21.1 Å². The number of aliphatic hydroxyl groups excluding tert-OH is 1. The third-order valence-electron chi connectivity index (χ3n) is 1.90. The number of hydrogen-bond acceptors (Lipinski definition) is 5. The van der Waals surface area contributed by atoms with Crippen molar-refractivity contribution in [2.75, 3.05) is 0 Å². The molecule has 0 saturated carbocycles. The van der Waals surface area contributed by atoms with Crippen molar-refractivity contribution < 1.29 is 25.2 Å². The monoisotopic (exact) mass is 225 g/mol. The van der Waals surface area contributed by atoms with Gasteiger partial charge in [-0.05, 0) is 23.8 Å². The second-order valence-corrected chi connectivity index (χ2v) is 3.13. The van der Waals surface area contributed by atoms with Crippen LogP contribution in [0.5, 0.6) is 11.5 Å². The van der Waals surface area contributed by atoms with Crippen LogP contribution in [-0.2, 0) is 4.79 Å². The molecule has 6 nitrogen and oxygen atoms in total. The quantitative estimate of drug-likeness (QED) is 0.375. The largest absolute Gasteiger partial charge is 0.510 e. The summed E-state index contributed by atoms with van der Waals surface area (Å²) < 4.78 is 0. The van der Waals surface area contributed by atoms with E-state index >= 15 is 0 Å². The van der Waals surface area contributed by atoms with E-state index in [0.29, 0.717) is 5.56 Å². The standard InChI is InChI=1S/C10H11NO5/c11-9(10(15)16)8(14)4-5-1-2-6(12)7(13)3-5/h1-4,9,12-14H,11H2,(H,15,16)/t9-/m0/s1. The molecule has 86 valence electrons. The highest BCUT2D eigenvalue weighted by atomic mass is 16.4. The average Bonchev–Trinajstić information content (AvgIpc) is 2.22. The fourth-order valence-electron chi connectivity index (χ4n) is 1.02. The topological polar surface area (TPSA) is 124 Å². The molecule has 0 aliphatic rings. The first kappa shape index (κ1) is 11.9. The Morgan fingerprint density at radius 3 is 2.38 bits per heavy atom. The molecule has 0 heterocycles. The van der Waals surface area contributed by atoms with Crippen molar-refractivity contribution in [1.82, 2.24) is 0 Å². The Hall–Kier alpha value is -2.21. The zero-order chi connectivity index (χ0) is 12.3. The third kappa shape index (κ3) is 2.64. The number of phenolic OH excluding ortho intramolecular Hbond substituents is 2. The number of rotatable bonds is 3. The summed E-state index contributed by atoms with van der Waals surface area (Å²) in [7, 11) is 0. The first-order chi connectivity index (χ1) is 7.41. The van der Waals surface area contributed by atoms with Gasteiger partial charge in [0.2, 0.25) is 0 Å². The van der Waals surface area contributed by atoms with Crippen molar-refractivity contribution in [3.8, 4) is 11.5 Å². The maximum absolute atomic E-state index is 10.4. The number of hydrogen-bond donors (Lipinski definition) is 5. The molecular formula is C10H11NO5. The van der Waals surface area contributed by atoms with Gasteiger partial charge in [-0.2, -0.15) is 0 Å². The molecule has 0 amide bonds. The molecule has 0 aliphatic carbocycles. The smallest absolute Gasteiger partial charge is 0.328 e. The Bertz CT molecular complexity index is 441. The Labute approximate surface area is 90.9 Å². The zero-order valence-corrected chi connectivity index (χ0v) is 8.16. The maximum atomic E-state index is 10.4. The Morgan fingerprint density at radius 2 is 1.88 bits per heavy atom. The number of aromatic hydroxyl groups is 2. The number of carbonyl (C=O) groups is 1. The highest BCUT2D eigenvalue weighted by Gasteiger charge is 2.16. The molecule has 0 aromatic heterocycles. The number of nitrogens with two attached hydrogens (primary N) is 1. The van der Waals surface area contributed by atoms with Crippen LogP contribution >= 0.6 is 0 Å². The fourth-order valence-corrected chi connectivity index (χ4v) is 1.02. The second kappa shape index (κ2) is 4.54. The van der Waals surface area contributed by atoms with Crippen molar-refractivity contribution >= 4 is 12.0 Å². The van der Waals surface area contributed by atoms with Gasteiger partial charge in [-0.25, -0.2) is 0 Å². The minimum atomic E-state index is -1.52. The van der Waals surface area contributed by atoms with Gasteiger partial charge in [0.1, 0.15) is 5.76 Å². The van der Waals surface area contributed by atoms with Crippen molar-refractivity contribution in [2.24, 2.45) is 5.73 Å². The van der Waals surface area contributed by atoms with Gasteiger partial charge in [-0.1, -0.05) is 6.07 Å². The minimum Gasteiger partial charge on any atom is -0.510 e. The molecule has 1 aromatic carbocycles. The molecule has 1 rings (SSSR count).